The molecule has 0 radical (unpaired) electrons. The molecule has 14 heavy (non-hydrogen) atoms. The molecule has 2 nitrogen and oxygen atoms in total. The molecule has 1 rings (SSSR count). The number of aromatic nitrogens is 1. The molecule has 78 valence electrons. The quantitative estimate of drug-likeness (QED) is 0.731. The lowest BCUT2D eigenvalue weighted by Gasteiger charge is -2.13. The highest BCUT2D eigenvalue weighted by Crippen LogP contribution is 2.08. The first-order valence-corrected chi connectivity index (χ1v) is 6.23. The number of hydrogen-bond donors (Lipinski definition) is 1. The van der Waals surface area contributed by atoms with Crippen molar-refractivity contribution in [1.82, 2.24) is 4.98 Å². The minimum Gasteiger partial charge on any atom is -0.368 e. The minimum absolute atomic E-state index is 0.504. The van der Waals surface area contributed by atoms with Gasteiger partial charge in [-0.1, -0.05) is 13.0 Å². The SMILES string of the molecule is CCSCCC(C)Nc1ccccn1. The number of hydrogen-bond acceptors (Lipinski definition) is 3. The van der Waals surface area contributed by atoms with E-state index in [0.717, 1.165) is 5.82 Å². The number of anilines is 1. The molecule has 0 aliphatic carbocycles. The van der Waals surface area contributed by atoms with Gasteiger partial charge >= 0.3 is 0 Å². The molecule has 0 saturated carbocycles. The lowest BCUT2D eigenvalue weighted by Crippen LogP contribution is -2.16. The first-order valence-electron chi connectivity index (χ1n) is 5.08. The van der Waals surface area contributed by atoms with Gasteiger partial charge in [-0.05, 0) is 37.0 Å². The van der Waals surface area contributed by atoms with Crippen molar-refractivity contribution in [3.63, 3.8) is 0 Å². The summed E-state index contributed by atoms with van der Waals surface area (Å²) >= 11 is 1.99. The topological polar surface area (TPSA) is 24.9 Å². The molecule has 1 heterocycles. The summed E-state index contributed by atoms with van der Waals surface area (Å²) in [5.41, 5.74) is 0. The van der Waals surface area contributed by atoms with Gasteiger partial charge in [0.2, 0.25) is 0 Å². The van der Waals surface area contributed by atoms with Crippen molar-refractivity contribution in [1.29, 1.82) is 0 Å². The molecule has 0 saturated heterocycles. The summed E-state index contributed by atoms with van der Waals surface area (Å²) < 4.78 is 0. The number of rotatable bonds is 6. The monoisotopic (exact) mass is 210 g/mol. The van der Waals surface area contributed by atoms with Gasteiger partial charge in [0.15, 0.2) is 0 Å². The fraction of sp³-hybridized carbons (Fsp3) is 0.545. The fourth-order valence-electron chi connectivity index (χ4n) is 1.18. The predicted octanol–water partition coefficient (Wildman–Crippen LogP) is 3.03. The second-order valence-electron chi connectivity index (χ2n) is 3.25. The average Bonchev–Trinajstić information content (AvgIpc) is 2.20. The van der Waals surface area contributed by atoms with Gasteiger partial charge in [0.1, 0.15) is 5.82 Å². The van der Waals surface area contributed by atoms with E-state index in [-0.39, 0.29) is 0 Å². The van der Waals surface area contributed by atoms with Gasteiger partial charge in [-0.15, -0.1) is 0 Å². The predicted molar refractivity (Wildman–Crippen MR) is 64.9 cm³/mol. The van der Waals surface area contributed by atoms with Gasteiger partial charge < -0.3 is 5.32 Å². The molecule has 1 N–H and O–H groups in total. The van der Waals surface area contributed by atoms with Crippen molar-refractivity contribution < 1.29 is 0 Å². The Bertz CT molecular complexity index is 238. The molecular weight excluding hydrogens is 192 g/mol. The molecule has 0 bridgehead atoms. The van der Waals surface area contributed by atoms with Gasteiger partial charge in [-0.3, -0.25) is 0 Å². The van der Waals surface area contributed by atoms with Crippen LogP contribution in [0.25, 0.3) is 0 Å². The van der Waals surface area contributed by atoms with Crippen LogP contribution in [0.1, 0.15) is 20.3 Å². The lowest BCUT2D eigenvalue weighted by atomic mass is 10.2. The molecule has 0 spiro atoms. The summed E-state index contributed by atoms with van der Waals surface area (Å²) in [6.45, 7) is 4.40. The van der Waals surface area contributed by atoms with E-state index in [0.29, 0.717) is 6.04 Å². The van der Waals surface area contributed by atoms with Crippen LogP contribution in [-0.2, 0) is 0 Å². The van der Waals surface area contributed by atoms with Gasteiger partial charge in [0, 0.05) is 12.2 Å². The van der Waals surface area contributed by atoms with Crippen LogP contribution in [0.2, 0.25) is 0 Å². The van der Waals surface area contributed by atoms with E-state index in [1.165, 1.54) is 17.9 Å². The summed E-state index contributed by atoms with van der Waals surface area (Å²) in [5, 5.41) is 3.38. The third-order valence-corrected chi connectivity index (χ3v) is 2.89. The molecule has 0 aromatic carbocycles. The van der Waals surface area contributed by atoms with Crippen molar-refractivity contribution in [2.45, 2.75) is 26.3 Å². The summed E-state index contributed by atoms with van der Waals surface area (Å²) in [5.74, 6) is 3.40. The van der Waals surface area contributed by atoms with Crippen LogP contribution in [0.4, 0.5) is 5.82 Å². The smallest absolute Gasteiger partial charge is 0.126 e. The normalized spacial score (nSPS) is 12.4. The number of pyridine rings is 1. The fourth-order valence-corrected chi connectivity index (χ4v) is 1.99. The Morgan fingerprint density at radius 2 is 2.36 bits per heavy atom. The van der Waals surface area contributed by atoms with Gasteiger partial charge in [-0.25, -0.2) is 4.98 Å². The zero-order valence-electron chi connectivity index (χ0n) is 8.86. The Kier molecular flexibility index (Phi) is 5.45. The van der Waals surface area contributed by atoms with Crippen molar-refractivity contribution >= 4 is 17.6 Å². The van der Waals surface area contributed by atoms with E-state index < -0.39 is 0 Å². The Balaban J connectivity index is 2.23. The van der Waals surface area contributed by atoms with E-state index in [2.05, 4.69) is 24.1 Å². The Morgan fingerprint density at radius 3 is 3.00 bits per heavy atom. The Hall–Kier alpha value is -0.700. The van der Waals surface area contributed by atoms with Crippen LogP contribution in [0, 0.1) is 0 Å². The summed E-state index contributed by atoms with van der Waals surface area (Å²) in [6.07, 6.45) is 3.00. The van der Waals surface area contributed by atoms with E-state index in [1.807, 2.05) is 36.2 Å². The first kappa shape index (κ1) is 11.4. The first-order chi connectivity index (χ1) is 6.83. The zero-order chi connectivity index (χ0) is 10.2. The molecule has 0 fully saturated rings. The maximum Gasteiger partial charge on any atom is 0.126 e. The second-order valence-corrected chi connectivity index (χ2v) is 4.64. The standard InChI is InChI=1S/C11H18N2S/c1-3-14-9-7-10(2)13-11-6-4-5-8-12-11/h4-6,8,10H,3,7,9H2,1-2H3,(H,12,13). The second kappa shape index (κ2) is 6.71. The molecule has 1 aromatic heterocycles. The largest absolute Gasteiger partial charge is 0.368 e. The molecular formula is C11H18N2S. The molecule has 1 aromatic rings. The highest BCUT2D eigenvalue weighted by molar-refractivity contribution is 7.99. The number of nitrogens with one attached hydrogen (secondary N) is 1. The molecule has 0 aliphatic heterocycles. The van der Waals surface area contributed by atoms with Gasteiger partial charge in [0.25, 0.3) is 0 Å². The van der Waals surface area contributed by atoms with Crippen molar-refractivity contribution in [2.24, 2.45) is 0 Å². The number of nitrogens with zero attached hydrogens (tertiary/aromatic N) is 1. The minimum atomic E-state index is 0.504. The highest BCUT2D eigenvalue weighted by atomic mass is 32.2. The van der Waals surface area contributed by atoms with Crippen LogP contribution in [-0.4, -0.2) is 22.5 Å². The lowest BCUT2D eigenvalue weighted by molar-refractivity contribution is 0.766. The highest BCUT2D eigenvalue weighted by Gasteiger charge is 2.01. The van der Waals surface area contributed by atoms with Gasteiger partial charge in [-0.2, -0.15) is 11.8 Å². The van der Waals surface area contributed by atoms with Crippen molar-refractivity contribution in [3.8, 4) is 0 Å². The maximum atomic E-state index is 4.23. The van der Waals surface area contributed by atoms with Crippen molar-refractivity contribution in [2.75, 3.05) is 16.8 Å². The molecule has 1 atom stereocenters. The van der Waals surface area contributed by atoms with Crippen LogP contribution < -0.4 is 5.32 Å². The molecule has 0 amide bonds. The van der Waals surface area contributed by atoms with E-state index >= 15 is 0 Å². The van der Waals surface area contributed by atoms with Crippen molar-refractivity contribution in [3.05, 3.63) is 24.4 Å². The van der Waals surface area contributed by atoms with Crippen LogP contribution in [0.3, 0.4) is 0 Å². The molecule has 3 heteroatoms. The maximum absolute atomic E-state index is 4.23. The summed E-state index contributed by atoms with van der Waals surface area (Å²) in [7, 11) is 0. The third-order valence-electron chi connectivity index (χ3n) is 1.96. The zero-order valence-corrected chi connectivity index (χ0v) is 9.68. The van der Waals surface area contributed by atoms with E-state index in [9.17, 15) is 0 Å². The summed E-state index contributed by atoms with van der Waals surface area (Å²) in [4.78, 5) is 4.23. The van der Waals surface area contributed by atoms with Crippen LogP contribution in [0.5, 0.6) is 0 Å². The molecule has 1 unspecified atom stereocenters. The van der Waals surface area contributed by atoms with Crippen LogP contribution in [0.15, 0.2) is 24.4 Å². The Labute approximate surface area is 90.5 Å². The number of thioether (sulfide) groups is 1. The van der Waals surface area contributed by atoms with Gasteiger partial charge in [0.05, 0.1) is 0 Å². The summed E-state index contributed by atoms with van der Waals surface area (Å²) in [6, 6.07) is 6.44. The Morgan fingerprint density at radius 1 is 1.50 bits per heavy atom. The van der Waals surface area contributed by atoms with E-state index in [1.54, 1.807) is 0 Å². The van der Waals surface area contributed by atoms with Crippen LogP contribution >= 0.6 is 11.8 Å². The molecule has 0 aliphatic rings. The van der Waals surface area contributed by atoms with E-state index in [4.69, 9.17) is 0 Å². The third kappa shape index (κ3) is 4.51. The average molecular weight is 210 g/mol.